The van der Waals surface area contributed by atoms with Gasteiger partial charge in [-0.25, -0.2) is 4.98 Å². The van der Waals surface area contributed by atoms with E-state index in [-0.39, 0.29) is 0 Å². The molecule has 0 radical (unpaired) electrons. The summed E-state index contributed by atoms with van der Waals surface area (Å²) in [6.45, 7) is 0. The molecule has 15 heavy (non-hydrogen) atoms. The van der Waals surface area contributed by atoms with Crippen molar-refractivity contribution in [2.75, 3.05) is 0 Å². The highest BCUT2D eigenvalue weighted by atomic mass is 14.9. The monoisotopic (exact) mass is 202 g/mol. The van der Waals surface area contributed by atoms with Crippen molar-refractivity contribution in [1.82, 2.24) is 9.97 Å². The van der Waals surface area contributed by atoms with Crippen LogP contribution in [0.25, 0.3) is 0 Å². The van der Waals surface area contributed by atoms with Gasteiger partial charge in [-0.1, -0.05) is 0 Å². The van der Waals surface area contributed by atoms with Crippen LogP contribution in [0.15, 0.2) is 6.20 Å². The molecule has 0 saturated carbocycles. The largest absolute Gasteiger partial charge is 0.346 e. The molecule has 4 nitrogen and oxygen atoms in total. The van der Waals surface area contributed by atoms with Crippen molar-refractivity contribution in [3.05, 3.63) is 17.7 Å². The third-order valence-corrected chi connectivity index (χ3v) is 2.12. The maximum Gasteiger partial charge on any atom is 0.106 e. The molecule has 0 aliphatic heterocycles. The first-order valence-corrected chi connectivity index (χ1v) is 5.13. The zero-order chi connectivity index (χ0) is 10.9. The minimum absolute atomic E-state index is 0.574. The maximum absolute atomic E-state index is 8.39. The first kappa shape index (κ1) is 11.3. The van der Waals surface area contributed by atoms with E-state index in [2.05, 4.69) is 22.1 Å². The second-order valence-corrected chi connectivity index (χ2v) is 3.38. The van der Waals surface area contributed by atoms with Gasteiger partial charge >= 0.3 is 0 Å². The number of hydrogen-bond donors (Lipinski definition) is 1. The van der Waals surface area contributed by atoms with Crippen LogP contribution in [0.5, 0.6) is 0 Å². The van der Waals surface area contributed by atoms with E-state index in [9.17, 15) is 0 Å². The Morgan fingerprint density at radius 3 is 2.47 bits per heavy atom. The van der Waals surface area contributed by atoms with Gasteiger partial charge in [-0.15, -0.1) is 0 Å². The van der Waals surface area contributed by atoms with E-state index in [4.69, 9.17) is 10.5 Å². The van der Waals surface area contributed by atoms with Gasteiger partial charge in [-0.05, 0) is 19.3 Å². The second kappa shape index (κ2) is 6.62. The maximum atomic E-state index is 8.39. The molecule has 1 N–H and O–H groups in total. The number of nitrogens with zero attached hydrogens (tertiary/aromatic N) is 3. The van der Waals surface area contributed by atoms with Gasteiger partial charge in [-0.3, -0.25) is 0 Å². The number of imidazole rings is 1. The Kier molecular flexibility index (Phi) is 4.97. The van der Waals surface area contributed by atoms with Crippen molar-refractivity contribution in [2.45, 2.75) is 38.5 Å². The van der Waals surface area contributed by atoms with E-state index in [0.29, 0.717) is 12.8 Å². The van der Waals surface area contributed by atoms with Gasteiger partial charge in [0.25, 0.3) is 0 Å². The molecule has 1 heterocycles. The standard InChI is InChI=1S/C11H14N4/c12-7-3-1-5-10-9-14-11(15-10)6-2-4-8-13/h9H,1-6H2,(H,14,15). The molecular formula is C11H14N4. The van der Waals surface area contributed by atoms with E-state index in [1.807, 2.05) is 6.20 Å². The molecule has 4 heteroatoms. The first-order valence-electron chi connectivity index (χ1n) is 5.13. The summed E-state index contributed by atoms with van der Waals surface area (Å²) in [5, 5.41) is 16.8. The van der Waals surface area contributed by atoms with E-state index in [0.717, 1.165) is 37.2 Å². The Bertz CT molecular complexity index is 332. The Morgan fingerprint density at radius 1 is 1.13 bits per heavy atom. The molecule has 1 rings (SSSR count). The van der Waals surface area contributed by atoms with Crippen LogP contribution in [0.2, 0.25) is 0 Å². The molecule has 0 aliphatic carbocycles. The highest BCUT2D eigenvalue weighted by Crippen LogP contribution is 2.05. The van der Waals surface area contributed by atoms with Crippen LogP contribution in [0, 0.1) is 22.7 Å². The topological polar surface area (TPSA) is 76.3 Å². The Hall–Kier alpha value is -1.81. The van der Waals surface area contributed by atoms with Crippen LogP contribution in [0.1, 0.15) is 37.2 Å². The molecule has 0 atom stereocenters. The Morgan fingerprint density at radius 2 is 1.80 bits per heavy atom. The summed E-state index contributed by atoms with van der Waals surface area (Å²) < 4.78 is 0. The van der Waals surface area contributed by atoms with Crippen molar-refractivity contribution >= 4 is 0 Å². The number of H-pyrrole nitrogens is 1. The van der Waals surface area contributed by atoms with Crippen molar-refractivity contribution in [3.63, 3.8) is 0 Å². The molecule has 0 aromatic carbocycles. The molecule has 0 aliphatic rings. The van der Waals surface area contributed by atoms with Crippen LogP contribution in [0.3, 0.4) is 0 Å². The van der Waals surface area contributed by atoms with Crippen LogP contribution >= 0.6 is 0 Å². The van der Waals surface area contributed by atoms with Crippen molar-refractivity contribution < 1.29 is 0 Å². The third-order valence-electron chi connectivity index (χ3n) is 2.12. The number of rotatable bonds is 6. The van der Waals surface area contributed by atoms with E-state index in [1.54, 1.807) is 0 Å². The summed E-state index contributed by atoms with van der Waals surface area (Å²) in [4.78, 5) is 7.42. The van der Waals surface area contributed by atoms with Crippen molar-refractivity contribution in [2.24, 2.45) is 0 Å². The number of unbranched alkanes of at least 4 members (excludes halogenated alkanes) is 2. The molecule has 78 valence electrons. The highest BCUT2D eigenvalue weighted by molar-refractivity contribution is 5.02. The van der Waals surface area contributed by atoms with E-state index in [1.165, 1.54) is 0 Å². The molecule has 1 aromatic heterocycles. The normalized spacial score (nSPS) is 9.47. The third kappa shape index (κ3) is 4.28. The lowest BCUT2D eigenvalue weighted by molar-refractivity contribution is 0.789. The quantitative estimate of drug-likeness (QED) is 0.717. The summed E-state index contributed by atoms with van der Waals surface area (Å²) in [6.07, 6.45) is 6.40. The number of hydrogen-bond acceptors (Lipinski definition) is 3. The smallest absolute Gasteiger partial charge is 0.106 e. The minimum atomic E-state index is 0.574. The summed E-state index contributed by atoms with van der Waals surface area (Å²) in [5.41, 5.74) is 1.08. The Labute approximate surface area is 89.6 Å². The fraction of sp³-hybridized carbons (Fsp3) is 0.545. The van der Waals surface area contributed by atoms with Crippen LogP contribution in [-0.4, -0.2) is 9.97 Å². The molecule has 0 unspecified atom stereocenters. The predicted molar refractivity (Wildman–Crippen MR) is 55.7 cm³/mol. The molecule has 1 aromatic rings. The summed E-state index contributed by atoms with van der Waals surface area (Å²) in [6, 6.07) is 4.23. The molecule has 0 saturated heterocycles. The molecule has 0 bridgehead atoms. The van der Waals surface area contributed by atoms with E-state index >= 15 is 0 Å². The fourth-order valence-electron chi connectivity index (χ4n) is 1.35. The average molecular weight is 202 g/mol. The zero-order valence-electron chi connectivity index (χ0n) is 8.66. The molecule has 0 fully saturated rings. The zero-order valence-corrected chi connectivity index (χ0v) is 8.66. The number of aromatic amines is 1. The molecule has 0 spiro atoms. The van der Waals surface area contributed by atoms with Gasteiger partial charge in [-0.2, -0.15) is 10.5 Å². The van der Waals surface area contributed by atoms with Crippen LogP contribution < -0.4 is 0 Å². The van der Waals surface area contributed by atoms with Gasteiger partial charge in [0.15, 0.2) is 0 Å². The number of nitrogens with one attached hydrogen (secondary N) is 1. The van der Waals surface area contributed by atoms with Crippen molar-refractivity contribution in [1.29, 1.82) is 10.5 Å². The highest BCUT2D eigenvalue weighted by Gasteiger charge is 2.00. The first-order chi connectivity index (χ1) is 7.36. The number of nitriles is 2. The Balaban J connectivity index is 2.30. The molecule has 0 amide bonds. The van der Waals surface area contributed by atoms with Gasteiger partial charge < -0.3 is 4.98 Å². The summed E-state index contributed by atoms with van der Waals surface area (Å²) in [7, 11) is 0. The summed E-state index contributed by atoms with van der Waals surface area (Å²) >= 11 is 0. The van der Waals surface area contributed by atoms with Crippen LogP contribution in [-0.2, 0) is 12.8 Å². The lowest BCUT2D eigenvalue weighted by Crippen LogP contribution is -1.89. The fourth-order valence-corrected chi connectivity index (χ4v) is 1.35. The lowest BCUT2D eigenvalue weighted by atomic mass is 10.2. The van der Waals surface area contributed by atoms with Crippen molar-refractivity contribution in [3.8, 4) is 12.1 Å². The number of aryl methyl sites for hydroxylation is 2. The average Bonchev–Trinajstić information content (AvgIpc) is 2.67. The lowest BCUT2D eigenvalue weighted by Gasteiger charge is -1.93. The second-order valence-electron chi connectivity index (χ2n) is 3.38. The minimum Gasteiger partial charge on any atom is -0.346 e. The summed E-state index contributed by atoms with van der Waals surface area (Å²) in [5.74, 6) is 0.942. The van der Waals surface area contributed by atoms with Gasteiger partial charge in [0.1, 0.15) is 5.82 Å². The van der Waals surface area contributed by atoms with Gasteiger partial charge in [0, 0.05) is 31.2 Å². The number of aromatic nitrogens is 2. The van der Waals surface area contributed by atoms with Gasteiger partial charge in [0.05, 0.1) is 12.1 Å². The SMILES string of the molecule is N#CCCCc1cnc(CCCC#N)[nH]1. The predicted octanol–water partition coefficient (Wildman–Crippen LogP) is 2.10. The molecular weight excluding hydrogens is 188 g/mol. The van der Waals surface area contributed by atoms with E-state index < -0.39 is 0 Å². The van der Waals surface area contributed by atoms with Gasteiger partial charge in [0.2, 0.25) is 0 Å². The van der Waals surface area contributed by atoms with Crippen LogP contribution in [0.4, 0.5) is 0 Å².